The maximum Gasteiger partial charge on any atom is 0.326 e. The molecule has 0 aromatic carbocycles. The lowest BCUT2D eigenvalue weighted by atomic mass is 10.2. The second kappa shape index (κ2) is 5.35. The fourth-order valence-electron chi connectivity index (χ4n) is 0.739. The van der Waals surface area contributed by atoms with Crippen molar-refractivity contribution in [2.24, 2.45) is 0 Å². The van der Waals surface area contributed by atoms with Gasteiger partial charge in [-0.05, 0) is 13.3 Å². The summed E-state index contributed by atoms with van der Waals surface area (Å²) in [6.45, 7) is 3.10. The highest BCUT2D eigenvalue weighted by atomic mass is 16.4. The monoisotopic (exact) mass is 171 g/mol. The van der Waals surface area contributed by atoms with Gasteiger partial charge in [0.25, 0.3) is 0 Å². The van der Waals surface area contributed by atoms with Crippen molar-refractivity contribution in [3.63, 3.8) is 0 Å². The van der Waals surface area contributed by atoms with E-state index in [1.54, 1.807) is 19.1 Å². The maximum absolute atomic E-state index is 10.5. The molecule has 0 radical (unpaired) electrons. The van der Waals surface area contributed by atoms with Gasteiger partial charge in [0.05, 0.1) is 0 Å². The molecule has 0 aliphatic heterocycles. The Morgan fingerprint density at radius 2 is 2.17 bits per heavy atom. The highest BCUT2D eigenvalue weighted by Crippen LogP contribution is 1.93. The second-order valence-electron chi connectivity index (χ2n) is 2.40. The molecule has 4 heteroatoms. The molecule has 0 heterocycles. The Morgan fingerprint density at radius 1 is 1.58 bits per heavy atom. The van der Waals surface area contributed by atoms with Gasteiger partial charge < -0.3 is 10.4 Å². The lowest BCUT2D eigenvalue weighted by Crippen LogP contribution is -2.39. The summed E-state index contributed by atoms with van der Waals surface area (Å²) in [5, 5.41) is 10.9. The number of allylic oxidation sites excluding steroid dienone is 1. The molecular formula is C8H13NO3. The van der Waals surface area contributed by atoms with Crippen LogP contribution >= 0.6 is 0 Å². The summed E-state index contributed by atoms with van der Waals surface area (Å²) < 4.78 is 0. The second-order valence-corrected chi connectivity index (χ2v) is 2.40. The van der Waals surface area contributed by atoms with Crippen LogP contribution in [0.2, 0.25) is 0 Å². The van der Waals surface area contributed by atoms with Crippen molar-refractivity contribution >= 4 is 11.9 Å². The van der Waals surface area contributed by atoms with Crippen molar-refractivity contribution in [3.05, 3.63) is 12.2 Å². The van der Waals surface area contributed by atoms with Gasteiger partial charge in [0.2, 0.25) is 5.91 Å². The van der Waals surface area contributed by atoms with Gasteiger partial charge in [0.15, 0.2) is 0 Å². The van der Waals surface area contributed by atoms with Gasteiger partial charge in [0, 0.05) is 6.92 Å². The largest absolute Gasteiger partial charge is 0.480 e. The Kier molecular flexibility index (Phi) is 4.76. The van der Waals surface area contributed by atoms with E-state index in [9.17, 15) is 9.59 Å². The number of carboxylic acid groups (broad SMARTS) is 1. The van der Waals surface area contributed by atoms with Crippen molar-refractivity contribution in [1.29, 1.82) is 0 Å². The molecule has 0 spiro atoms. The predicted octanol–water partition coefficient (Wildman–Crippen LogP) is 0.542. The first-order valence-corrected chi connectivity index (χ1v) is 3.69. The van der Waals surface area contributed by atoms with E-state index in [2.05, 4.69) is 5.32 Å². The third-order valence-corrected chi connectivity index (χ3v) is 1.28. The van der Waals surface area contributed by atoms with E-state index in [-0.39, 0.29) is 5.91 Å². The molecule has 0 aromatic heterocycles. The SMILES string of the molecule is C/C=C/C[C@@H](NC(C)=O)C(=O)O. The molecule has 2 N–H and O–H groups in total. The zero-order chi connectivity index (χ0) is 9.56. The molecule has 1 amide bonds. The number of hydrogen-bond donors (Lipinski definition) is 2. The quantitative estimate of drug-likeness (QED) is 0.607. The normalized spacial score (nSPS) is 12.8. The third-order valence-electron chi connectivity index (χ3n) is 1.28. The third kappa shape index (κ3) is 4.49. The van der Waals surface area contributed by atoms with Crippen LogP contribution in [0.1, 0.15) is 20.3 Å². The molecule has 0 aliphatic rings. The van der Waals surface area contributed by atoms with Crippen LogP contribution in [0.5, 0.6) is 0 Å². The highest BCUT2D eigenvalue weighted by Gasteiger charge is 2.15. The topological polar surface area (TPSA) is 66.4 Å². The molecule has 0 aliphatic carbocycles. The minimum absolute atomic E-state index is 0.325. The molecular weight excluding hydrogens is 158 g/mol. The van der Waals surface area contributed by atoms with Crippen molar-refractivity contribution in [2.75, 3.05) is 0 Å². The van der Waals surface area contributed by atoms with Crippen LogP contribution in [-0.2, 0) is 9.59 Å². The molecule has 0 fully saturated rings. The number of carboxylic acids is 1. The molecule has 68 valence electrons. The van der Waals surface area contributed by atoms with E-state index in [0.717, 1.165) is 0 Å². The molecule has 0 unspecified atom stereocenters. The van der Waals surface area contributed by atoms with Gasteiger partial charge in [-0.2, -0.15) is 0 Å². The summed E-state index contributed by atoms with van der Waals surface area (Å²) in [5.41, 5.74) is 0. The first kappa shape index (κ1) is 10.7. The summed E-state index contributed by atoms with van der Waals surface area (Å²) in [4.78, 5) is 21.0. The standard InChI is InChI=1S/C8H13NO3/c1-3-4-5-7(8(11)12)9-6(2)10/h3-4,7H,5H2,1-2H3,(H,9,10)(H,11,12)/b4-3+/t7-/m1/s1. The number of aliphatic carboxylic acids is 1. The van der Waals surface area contributed by atoms with E-state index in [0.29, 0.717) is 6.42 Å². The van der Waals surface area contributed by atoms with Crippen molar-refractivity contribution in [2.45, 2.75) is 26.3 Å². The van der Waals surface area contributed by atoms with Crippen molar-refractivity contribution < 1.29 is 14.7 Å². The lowest BCUT2D eigenvalue weighted by molar-refractivity contribution is -0.141. The zero-order valence-corrected chi connectivity index (χ0v) is 7.20. The number of amides is 1. The lowest BCUT2D eigenvalue weighted by Gasteiger charge is -2.09. The average molecular weight is 171 g/mol. The van der Waals surface area contributed by atoms with Gasteiger partial charge >= 0.3 is 5.97 Å². The highest BCUT2D eigenvalue weighted by molar-refractivity contribution is 5.82. The van der Waals surface area contributed by atoms with E-state index < -0.39 is 12.0 Å². The minimum atomic E-state index is -1.01. The van der Waals surface area contributed by atoms with Crippen molar-refractivity contribution in [3.8, 4) is 0 Å². The Morgan fingerprint density at radius 3 is 2.50 bits per heavy atom. The molecule has 1 atom stereocenters. The Balaban J connectivity index is 4.04. The number of nitrogens with one attached hydrogen (secondary N) is 1. The van der Waals surface area contributed by atoms with Crippen LogP contribution in [0, 0.1) is 0 Å². The van der Waals surface area contributed by atoms with Crippen LogP contribution in [0.15, 0.2) is 12.2 Å². The minimum Gasteiger partial charge on any atom is -0.480 e. The first-order chi connectivity index (χ1) is 5.57. The Labute approximate surface area is 71.3 Å². The number of rotatable bonds is 4. The van der Waals surface area contributed by atoms with E-state index in [1.807, 2.05) is 0 Å². The van der Waals surface area contributed by atoms with Gasteiger partial charge in [-0.15, -0.1) is 0 Å². The van der Waals surface area contributed by atoms with E-state index in [4.69, 9.17) is 5.11 Å². The summed E-state index contributed by atoms with van der Waals surface area (Å²) in [7, 11) is 0. The summed E-state index contributed by atoms with van der Waals surface area (Å²) in [6.07, 6.45) is 3.78. The van der Waals surface area contributed by atoms with Gasteiger partial charge in [-0.3, -0.25) is 4.79 Å². The fraction of sp³-hybridized carbons (Fsp3) is 0.500. The smallest absolute Gasteiger partial charge is 0.326 e. The summed E-state index contributed by atoms with van der Waals surface area (Å²) in [6, 6.07) is -0.807. The molecule has 0 saturated carbocycles. The van der Waals surface area contributed by atoms with E-state index >= 15 is 0 Å². The van der Waals surface area contributed by atoms with Crippen molar-refractivity contribution in [1.82, 2.24) is 5.32 Å². The van der Waals surface area contributed by atoms with Crippen LogP contribution in [0.3, 0.4) is 0 Å². The Hall–Kier alpha value is -1.32. The van der Waals surface area contributed by atoms with Gasteiger partial charge in [0.1, 0.15) is 6.04 Å². The number of hydrogen-bond acceptors (Lipinski definition) is 2. The van der Waals surface area contributed by atoms with Gasteiger partial charge in [-0.25, -0.2) is 4.79 Å². The molecule has 0 saturated heterocycles. The molecule has 0 bridgehead atoms. The fourth-order valence-corrected chi connectivity index (χ4v) is 0.739. The van der Waals surface area contributed by atoms with E-state index in [1.165, 1.54) is 6.92 Å². The average Bonchev–Trinajstić information content (AvgIpc) is 1.96. The summed E-state index contributed by atoms with van der Waals surface area (Å²) in [5.74, 6) is -1.34. The molecule has 4 nitrogen and oxygen atoms in total. The molecule has 0 rings (SSSR count). The molecule has 12 heavy (non-hydrogen) atoms. The van der Waals surface area contributed by atoms with Crippen LogP contribution in [0.25, 0.3) is 0 Å². The zero-order valence-electron chi connectivity index (χ0n) is 7.20. The van der Waals surface area contributed by atoms with Crippen LogP contribution < -0.4 is 5.32 Å². The van der Waals surface area contributed by atoms with Crippen LogP contribution in [-0.4, -0.2) is 23.0 Å². The maximum atomic E-state index is 10.5. The van der Waals surface area contributed by atoms with Crippen LogP contribution in [0.4, 0.5) is 0 Å². The predicted molar refractivity (Wildman–Crippen MR) is 44.7 cm³/mol. The Bertz CT molecular complexity index is 198. The number of carbonyl (C=O) groups is 2. The first-order valence-electron chi connectivity index (χ1n) is 3.69. The van der Waals surface area contributed by atoms with Gasteiger partial charge in [-0.1, -0.05) is 12.2 Å². The summed E-state index contributed by atoms with van der Waals surface area (Å²) >= 11 is 0. The molecule has 0 aromatic rings. The number of carbonyl (C=O) groups excluding carboxylic acids is 1.